The maximum absolute atomic E-state index is 5.26. The van der Waals surface area contributed by atoms with Crippen LogP contribution in [0.3, 0.4) is 0 Å². The van der Waals surface area contributed by atoms with Gasteiger partial charge >= 0.3 is 0 Å². The van der Waals surface area contributed by atoms with Crippen LogP contribution < -0.4 is 11.1 Å². The fraction of sp³-hybridized carbons (Fsp3) is 1.00. The summed E-state index contributed by atoms with van der Waals surface area (Å²) in [5, 5.41) is 4.23. The smallest absolute Gasteiger partial charge is 0.0157 e. The van der Waals surface area contributed by atoms with Crippen LogP contribution in [0.25, 0.3) is 0 Å². The fourth-order valence-corrected chi connectivity index (χ4v) is 0.699. The monoisotopic (exact) mass is 340 g/mol. The number of nitrogens with two attached hydrogens (primary N) is 1. The fourth-order valence-electron chi connectivity index (χ4n) is 0.419. The first-order chi connectivity index (χ1) is 3.91. The van der Waals surface area contributed by atoms with Crippen LogP contribution in [0.2, 0.25) is 0 Å². The third-order valence-corrected chi connectivity index (χ3v) is 1.23. The van der Waals surface area contributed by atoms with Gasteiger partial charge in [-0.25, -0.2) is 0 Å². The molecule has 0 aromatic rings. The molecule has 0 bridgehead atoms. The molecule has 0 heterocycles. The molecule has 0 aliphatic heterocycles. The predicted molar refractivity (Wildman–Crippen MR) is 61.0 cm³/mol. The Kier molecular flexibility index (Phi) is 29.2. The highest BCUT2D eigenvalue weighted by Crippen LogP contribution is 1.75. The number of alkyl halides is 1. The summed E-state index contributed by atoms with van der Waals surface area (Å²) in [4.78, 5) is 0. The molecule has 10 heavy (non-hydrogen) atoms. The van der Waals surface area contributed by atoms with Crippen molar-refractivity contribution < 1.29 is 0 Å². The molecule has 0 saturated heterocycles. The van der Waals surface area contributed by atoms with Crippen LogP contribution in [0.15, 0.2) is 0 Å². The molecule has 2 nitrogen and oxygen atoms in total. The highest BCUT2D eigenvalue weighted by Gasteiger charge is 1.81. The van der Waals surface area contributed by atoms with Gasteiger partial charge in [0.25, 0.3) is 0 Å². The molecule has 0 fully saturated rings. The largest absolute Gasteiger partial charge is 0.330 e. The standard InChI is InChI=1S/C5H13BrN2.2BrH/c6-2-5-8-4-1-3-7;;/h8H,1-5,7H2;2*1H. The van der Waals surface area contributed by atoms with Gasteiger partial charge in [-0.2, -0.15) is 0 Å². The van der Waals surface area contributed by atoms with E-state index in [9.17, 15) is 0 Å². The van der Waals surface area contributed by atoms with Crippen LogP contribution in [0, 0.1) is 0 Å². The molecule has 0 saturated carbocycles. The molecule has 3 N–H and O–H groups in total. The van der Waals surface area contributed by atoms with Crippen molar-refractivity contribution in [1.82, 2.24) is 5.32 Å². The zero-order valence-corrected chi connectivity index (χ0v) is 10.8. The Bertz CT molecular complexity index is 39.9. The molecule has 0 aromatic heterocycles. The Morgan fingerprint density at radius 3 is 2.20 bits per heavy atom. The van der Waals surface area contributed by atoms with Gasteiger partial charge in [0.05, 0.1) is 0 Å². The van der Waals surface area contributed by atoms with Gasteiger partial charge < -0.3 is 11.1 Å². The zero-order chi connectivity index (χ0) is 6.24. The summed E-state index contributed by atoms with van der Waals surface area (Å²) in [5.41, 5.74) is 5.26. The second-order valence-electron chi connectivity index (χ2n) is 1.58. The van der Waals surface area contributed by atoms with Gasteiger partial charge in [0.1, 0.15) is 0 Å². The van der Waals surface area contributed by atoms with Crippen LogP contribution in [0.1, 0.15) is 6.42 Å². The first-order valence-corrected chi connectivity index (χ1v) is 4.00. The van der Waals surface area contributed by atoms with E-state index in [0.717, 1.165) is 31.4 Å². The summed E-state index contributed by atoms with van der Waals surface area (Å²) in [7, 11) is 0. The zero-order valence-electron chi connectivity index (χ0n) is 5.81. The first kappa shape index (κ1) is 17.4. The SMILES string of the molecule is Br.Br.NCCCNCCBr. The van der Waals surface area contributed by atoms with E-state index in [0.29, 0.717) is 0 Å². The van der Waals surface area contributed by atoms with Gasteiger partial charge in [-0.1, -0.05) is 15.9 Å². The molecule has 0 spiro atoms. The van der Waals surface area contributed by atoms with Crippen LogP contribution >= 0.6 is 49.9 Å². The minimum Gasteiger partial charge on any atom is -0.330 e. The van der Waals surface area contributed by atoms with Crippen molar-refractivity contribution in [2.75, 3.05) is 25.0 Å². The average molecular weight is 343 g/mol. The Balaban J connectivity index is -0.000000245. The highest BCUT2D eigenvalue weighted by molar-refractivity contribution is 9.09. The van der Waals surface area contributed by atoms with Crippen molar-refractivity contribution >= 4 is 49.9 Å². The Labute approximate surface area is 92.0 Å². The molecular weight excluding hydrogens is 328 g/mol. The van der Waals surface area contributed by atoms with Crippen molar-refractivity contribution in [3.63, 3.8) is 0 Å². The number of nitrogens with one attached hydrogen (secondary N) is 1. The number of rotatable bonds is 5. The van der Waals surface area contributed by atoms with Crippen molar-refractivity contribution in [3.8, 4) is 0 Å². The summed E-state index contributed by atoms with van der Waals surface area (Å²) < 4.78 is 0. The summed E-state index contributed by atoms with van der Waals surface area (Å²) in [6.45, 7) is 2.87. The van der Waals surface area contributed by atoms with E-state index in [-0.39, 0.29) is 34.0 Å². The van der Waals surface area contributed by atoms with Gasteiger partial charge in [0, 0.05) is 11.9 Å². The van der Waals surface area contributed by atoms with E-state index in [4.69, 9.17) is 5.73 Å². The molecule has 0 unspecified atom stereocenters. The predicted octanol–water partition coefficient (Wildman–Crippen LogP) is 1.48. The average Bonchev–Trinajstić information content (AvgIpc) is 1.81. The number of hydrogen-bond donors (Lipinski definition) is 2. The van der Waals surface area contributed by atoms with Crippen molar-refractivity contribution in [3.05, 3.63) is 0 Å². The quantitative estimate of drug-likeness (QED) is 0.586. The summed E-state index contributed by atoms with van der Waals surface area (Å²) in [5.74, 6) is 0. The van der Waals surface area contributed by atoms with E-state index in [1.165, 1.54) is 0 Å². The van der Waals surface area contributed by atoms with Crippen LogP contribution in [-0.4, -0.2) is 25.0 Å². The van der Waals surface area contributed by atoms with Gasteiger partial charge in [0.2, 0.25) is 0 Å². The van der Waals surface area contributed by atoms with Gasteiger partial charge in [-0.05, 0) is 19.5 Å². The van der Waals surface area contributed by atoms with Gasteiger partial charge in [0.15, 0.2) is 0 Å². The molecule has 0 radical (unpaired) electrons. The topological polar surface area (TPSA) is 38.0 Å². The Morgan fingerprint density at radius 2 is 1.80 bits per heavy atom. The maximum atomic E-state index is 5.26. The summed E-state index contributed by atoms with van der Waals surface area (Å²) in [6, 6.07) is 0. The van der Waals surface area contributed by atoms with E-state index in [1.807, 2.05) is 0 Å². The molecule has 0 rings (SSSR count). The van der Waals surface area contributed by atoms with E-state index < -0.39 is 0 Å². The van der Waals surface area contributed by atoms with Gasteiger partial charge in [-0.15, -0.1) is 34.0 Å². The van der Waals surface area contributed by atoms with Crippen LogP contribution in [-0.2, 0) is 0 Å². The van der Waals surface area contributed by atoms with E-state index in [1.54, 1.807) is 0 Å². The lowest BCUT2D eigenvalue weighted by Gasteiger charge is -1.97. The molecule has 0 amide bonds. The third kappa shape index (κ3) is 16.2. The van der Waals surface area contributed by atoms with E-state index >= 15 is 0 Å². The Hall–Kier alpha value is 1.36. The molecular formula is C5H15Br3N2. The molecule has 5 heteroatoms. The normalized spacial score (nSPS) is 7.80. The molecule has 0 aromatic carbocycles. The second-order valence-corrected chi connectivity index (χ2v) is 2.37. The van der Waals surface area contributed by atoms with Crippen molar-refractivity contribution in [2.45, 2.75) is 6.42 Å². The Morgan fingerprint density at radius 1 is 1.20 bits per heavy atom. The summed E-state index contributed by atoms with van der Waals surface area (Å²) >= 11 is 3.31. The number of hydrogen-bond acceptors (Lipinski definition) is 2. The lowest BCUT2D eigenvalue weighted by molar-refractivity contribution is 0.684. The van der Waals surface area contributed by atoms with Crippen molar-refractivity contribution in [2.24, 2.45) is 5.73 Å². The number of halogens is 3. The lowest BCUT2D eigenvalue weighted by atomic mass is 10.4. The highest BCUT2D eigenvalue weighted by atomic mass is 79.9. The van der Waals surface area contributed by atoms with Crippen molar-refractivity contribution in [1.29, 1.82) is 0 Å². The molecule has 66 valence electrons. The second kappa shape index (κ2) is 16.8. The van der Waals surface area contributed by atoms with E-state index in [2.05, 4.69) is 21.2 Å². The molecule has 0 aliphatic carbocycles. The van der Waals surface area contributed by atoms with Gasteiger partial charge in [-0.3, -0.25) is 0 Å². The third-order valence-electron chi connectivity index (χ3n) is 0.829. The lowest BCUT2D eigenvalue weighted by Crippen LogP contribution is -2.19. The molecule has 0 atom stereocenters. The maximum Gasteiger partial charge on any atom is 0.0157 e. The first-order valence-electron chi connectivity index (χ1n) is 2.88. The minimum absolute atomic E-state index is 0. The molecule has 0 aliphatic rings. The van der Waals surface area contributed by atoms with Crippen LogP contribution in [0.5, 0.6) is 0 Å². The minimum atomic E-state index is 0. The van der Waals surface area contributed by atoms with Crippen LogP contribution in [0.4, 0.5) is 0 Å². The summed E-state index contributed by atoms with van der Waals surface area (Å²) in [6.07, 6.45) is 1.08.